The Morgan fingerprint density at radius 3 is 3.15 bits per heavy atom. The highest BCUT2D eigenvalue weighted by Crippen LogP contribution is 2.31. The highest BCUT2D eigenvalue weighted by molar-refractivity contribution is 6.31. The molecule has 0 bridgehead atoms. The summed E-state index contributed by atoms with van der Waals surface area (Å²) in [5.41, 5.74) is 2.59. The van der Waals surface area contributed by atoms with Gasteiger partial charge in [-0.1, -0.05) is 17.7 Å². The van der Waals surface area contributed by atoms with Gasteiger partial charge in [-0.15, -0.1) is 0 Å². The largest absolute Gasteiger partial charge is 0.370 e. The van der Waals surface area contributed by atoms with E-state index in [1.807, 2.05) is 13.0 Å². The maximum Gasteiger partial charge on any atom is 0.101 e. The Bertz CT molecular complexity index is 555. The summed E-state index contributed by atoms with van der Waals surface area (Å²) in [6.07, 6.45) is 0.0358. The summed E-state index contributed by atoms with van der Waals surface area (Å²) in [7, 11) is 0. The van der Waals surface area contributed by atoms with Crippen LogP contribution in [0.25, 0.3) is 0 Å². The number of nitriles is 1. The van der Waals surface area contributed by atoms with Crippen molar-refractivity contribution in [2.45, 2.75) is 19.1 Å². The monoisotopic (exact) mass is 291 g/mol. The highest BCUT2D eigenvalue weighted by Gasteiger charge is 2.32. The smallest absolute Gasteiger partial charge is 0.101 e. The molecular weight excluding hydrogens is 274 g/mol. The molecule has 2 atom stereocenters. The van der Waals surface area contributed by atoms with Crippen LogP contribution in [0.3, 0.4) is 0 Å². The number of ether oxygens (including phenoxy) is 1. The van der Waals surface area contributed by atoms with Gasteiger partial charge in [-0.05, 0) is 24.1 Å². The van der Waals surface area contributed by atoms with Gasteiger partial charge in [0.1, 0.15) is 6.07 Å². The summed E-state index contributed by atoms with van der Waals surface area (Å²) >= 11 is 6.07. The average Bonchev–Trinajstić information content (AvgIpc) is 2.47. The molecule has 3 rings (SSSR count). The van der Waals surface area contributed by atoms with Crippen molar-refractivity contribution in [3.8, 4) is 6.07 Å². The van der Waals surface area contributed by atoms with Crippen molar-refractivity contribution in [2.75, 3.05) is 32.8 Å². The molecule has 5 heteroatoms. The molecular formula is C15H18ClN3O. The number of morpholine rings is 1. The molecule has 2 saturated heterocycles. The molecule has 0 spiro atoms. The number of hydrogen-bond acceptors (Lipinski definition) is 4. The molecule has 0 aromatic heterocycles. The molecule has 2 aliphatic rings. The molecule has 0 aliphatic carbocycles. The van der Waals surface area contributed by atoms with Gasteiger partial charge in [-0.25, -0.2) is 0 Å². The van der Waals surface area contributed by atoms with Crippen molar-refractivity contribution in [3.05, 3.63) is 33.8 Å². The molecule has 20 heavy (non-hydrogen) atoms. The third kappa shape index (κ3) is 2.43. The lowest BCUT2D eigenvalue weighted by Crippen LogP contribution is -2.57. The molecule has 1 aromatic carbocycles. The SMILES string of the molecule is Cc1c([C@@H]2CN3CCNCC3CO2)ccc(Cl)c1C#N. The van der Waals surface area contributed by atoms with Crippen molar-refractivity contribution < 1.29 is 4.74 Å². The Balaban J connectivity index is 1.85. The lowest BCUT2D eigenvalue weighted by atomic mass is 9.96. The molecule has 106 valence electrons. The molecule has 0 amide bonds. The van der Waals surface area contributed by atoms with E-state index in [0.29, 0.717) is 16.6 Å². The summed E-state index contributed by atoms with van der Waals surface area (Å²) < 4.78 is 6.02. The van der Waals surface area contributed by atoms with E-state index < -0.39 is 0 Å². The molecule has 1 N–H and O–H groups in total. The van der Waals surface area contributed by atoms with Crippen molar-refractivity contribution in [1.29, 1.82) is 5.26 Å². The van der Waals surface area contributed by atoms with E-state index in [1.54, 1.807) is 6.07 Å². The Labute approximate surface area is 124 Å². The first-order valence-electron chi connectivity index (χ1n) is 6.96. The van der Waals surface area contributed by atoms with E-state index in [1.165, 1.54) is 0 Å². The molecule has 2 fully saturated rings. The van der Waals surface area contributed by atoms with Gasteiger partial charge in [0.2, 0.25) is 0 Å². The zero-order valence-corrected chi connectivity index (χ0v) is 12.3. The second-order valence-corrected chi connectivity index (χ2v) is 5.83. The number of hydrogen-bond donors (Lipinski definition) is 1. The Kier molecular flexibility index (Phi) is 3.95. The van der Waals surface area contributed by atoms with Crippen molar-refractivity contribution in [1.82, 2.24) is 10.2 Å². The number of nitrogens with zero attached hydrogens (tertiary/aromatic N) is 2. The van der Waals surface area contributed by atoms with Gasteiger partial charge < -0.3 is 10.1 Å². The standard InChI is InChI=1S/C15H18ClN3O/c1-10-12(2-3-14(16)13(10)6-17)15-8-19-5-4-18-7-11(19)9-20-15/h2-3,11,15,18H,4-5,7-9H2,1H3/t11?,15-/m0/s1. The first kappa shape index (κ1) is 13.8. The van der Waals surface area contributed by atoms with Crippen LogP contribution >= 0.6 is 11.6 Å². The van der Waals surface area contributed by atoms with Gasteiger partial charge in [0.15, 0.2) is 0 Å². The average molecular weight is 292 g/mol. The van der Waals surface area contributed by atoms with Crippen LogP contribution in [-0.2, 0) is 4.74 Å². The van der Waals surface area contributed by atoms with Crippen LogP contribution in [0.1, 0.15) is 22.8 Å². The molecule has 0 saturated carbocycles. The summed E-state index contributed by atoms with van der Waals surface area (Å²) in [5, 5.41) is 13.1. The van der Waals surface area contributed by atoms with Gasteiger partial charge in [-0.3, -0.25) is 4.90 Å². The lowest BCUT2D eigenvalue weighted by molar-refractivity contribution is -0.0720. The van der Waals surface area contributed by atoms with Crippen LogP contribution in [-0.4, -0.2) is 43.7 Å². The van der Waals surface area contributed by atoms with Crippen LogP contribution in [0.4, 0.5) is 0 Å². The predicted molar refractivity (Wildman–Crippen MR) is 77.8 cm³/mol. The Morgan fingerprint density at radius 2 is 2.35 bits per heavy atom. The van der Waals surface area contributed by atoms with E-state index in [-0.39, 0.29) is 6.10 Å². The normalized spacial score (nSPS) is 26.9. The van der Waals surface area contributed by atoms with Crippen LogP contribution < -0.4 is 5.32 Å². The van der Waals surface area contributed by atoms with Crippen LogP contribution in [0.2, 0.25) is 5.02 Å². The van der Waals surface area contributed by atoms with Crippen molar-refractivity contribution in [2.24, 2.45) is 0 Å². The van der Waals surface area contributed by atoms with Crippen LogP contribution in [0.15, 0.2) is 12.1 Å². The fourth-order valence-electron chi connectivity index (χ4n) is 3.07. The fraction of sp³-hybridized carbons (Fsp3) is 0.533. The van der Waals surface area contributed by atoms with Gasteiger partial charge >= 0.3 is 0 Å². The van der Waals surface area contributed by atoms with Gasteiger partial charge in [-0.2, -0.15) is 5.26 Å². The molecule has 4 nitrogen and oxygen atoms in total. The third-order valence-electron chi connectivity index (χ3n) is 4.28. The highest BCUT2D eigenvalue weighted by atomic mass is 35.5. The molecule has 1 unspecified atom stereocenters. The summed E-state index contributed by atoms with van der Waals surface area (Å²) in [4.78, 5) is 2.48. The number of fused-ring (bicyclic) bond motifs is 1. The second-order valence-electron chi connectivity index (χ2n) is 5.42. The van der Waals surface area contributed by atoms with E-state index in [0.717, 1.165) is 43.9 Å². The van der Waals surface area contributed by atoms with E-state index >= 15 is 0 Å². The minimum atomic E-state index is 0.0358. The maximum absolute atomic E-state index is 9.22. The first-order valence-corrected chi connectivity index (χ1v) is 7.34. The zero-order valence-electron chi connectivity index (χ0n) is 11.5. The zero-order chi connectivity index (χ0) is 14.1. The molecule has 2 heterocycles. The summed E-state index contributed by atoms with van der Waals surface area (Å²) in [6, 6.07) is 6.46. The number of benzene rings is 1. The second kappa shape index (κ2) is 5.71. The van der Waals surface area contributed by atoms with E-state index in [9.17, 15) is 5.26 Å². The fourth-order valence-corrected chi connectivity index (χ4v) is 3.32. The van der Waals surface area contributed by atoms with Gasteiger partial charge in [0.25, 0.3) is 0 Å². The number of nitrogens with one attached hydrogen (secondary N) is 1. The number of rotatable bonds is 1. The van der Waals surface area contributed by atoms with E-state index in [4.69, 9.17) is 16.3 Å². The Hall–Kier alpha value is -1.12. The minimum Gasteiger partial charge on any atom is -0.370 e. The quantitative estimate of drug-likeness (QED) is 0.858. The Morgan fingerprint density at radius 1 is 1.50 bits per heavy atom. The predicted octanol–water partition coefficient (Wildman–Crippen LogP) is 1.87. The van der Waals surface area contributed by atoms with Crippen molar-refractivity contribution >= 4 is 11.6 Å². The van der Waals surface area contributed by atoms with Crippen LogP contribution in [0, 0.1) is 18.3 Å². The summed E-state index contributed by atoms with van der Waals surface area (Å²) in [5.74, 6) is 0. The molecule has 1 aromatic rings. The number of piperazine rings is 1. The van der Waals surface area contributed by atoms with Gasteiger partial charge in [0, 0.05) is 32.2 Å². The van der Waals surface area contributed by atoms with Crippen molar-refractivity contribution in [3.63, 3.8) is 0 Å². The number of halogens is 1. The minimum absolute atomic E-state index is 0.0358. The summed E-state index contributed by atoms with van der Waals surface area (Å²) in [6.45, 7) is 6.67. The molecule has 0 radical (unpaired) electrons. The maximum atomic E-state index is 9.22. The van der Waals surface area contributed by atoms with Gasteiger partial charge in [0.05, 0.1) is 23.3 Å². The third-order valence-corrected chi connectivity index (χ3v) is 4.59. The lowest BCUT2D eigenvalue weighted by Gasteiger charge is -2.43. The first-order chi connectivity index (χ1) is 9.70. The topological polar surface area (TPSA) is 48.3 Å². The van der Waals surface area contributed by atoms with Crippen LogP contribution in [0.5, 0.6) is 0 Å². The molecule has 2 aliphatic heterocycles. The van der Waals surface area contributed by atoms with E-state index in [2.05, 4.69) is 16.3 Å².